The molecule has 2 aromatic rings. The average Bonchev–Trinajstić information content (AvgIpc) is 2.47. The first-order valence-corrected chi connectivity index (χ1v) is 8.28. The number of para-hydroxylation sites is 1. The van der Waals surface area contributed by atoms with Gasteiger partial charge in [0.2, 0.25) is 0 Å². The number of nitrogens with one attached hydrogen (secondary N) is 1. The van der Waals surface area contributed by atoms with E-state index >= 15 is 0 Å². The van der Waals surface area contributed by atoms with Gasteiger partial charge in [-0.3, -0.25) is 13.8 Å². The SMILES string of the molecule is CCC(C)c1ccc(S(O)(O)Nc2ccccc2)cc1. The molecule has 0 aliphatic rings. The number of anilines is 1. The Hall–Kier alpha value is -1.49. The molecule has 0 bridgehead atoms. The summed E-state index contributed by atoms with van der Waals surface area (Å²) >= 11 is 0. The van der Waals surface area contributed by atoms with Gasteiger partial charge in [0, 0.05) is 0 Å². The fourth-order valence-electron chi connectivity index (χ4n) is 1.95. The van der Waals surface area contributed by atoms with Gasteiger partial charge in [-0.1, -0.05) is 55.0 Å². The summed E-state index contributed by atoms with van der Waals surface area (Å²) in [6.07, 6.45) is 1.07. The Morgan fingerprint density at radius 3 is 2.15 bits per heavy atom. The molecule has 0 saturated heterocycles. The van der Waals surface area contributed by atoms with E-state index in [2.05, 4.69) is 18.6 Å². The minimum atomic E-state index is -3.01. The molecule has 0 aromatic heterocycles. The van der Waals surface area contributed by atoms with Crippen LogP contribution >= 0.6 is 10.8 Å². The van der Waals surface area contributed by atoms with Gasteiger partial charge >= 0.3 is 0 Å². The third kappa shape index (κ3) is 3.54. The van der Waals surface area contributed by atoms with E-state index in [1.54, 1.807) is 12.1 Å². The highest BCUT2D eigenvalue weighted by atomic mass is 32.3. The highest BCUT2D eigenvalue weighted by Gasteiger charge is 2.15. The van der Waals surface area contributed by atoms with Gasteiger partial charge in [0.05, 0.1) is 10.6 Å². The van der Waals surface area contributed by atoms with Crippen molar-refractivity contribution >= 4 is 16.5 Å². The Bertz CT molecular complexity index is 540. The summed E-state index contributed by atoms with van der Waals surface area (Å²) in [6.45, 7) is 4.30. The molecule has 0 amide bonds. The smallest absolute Gasteiger partial charge is 0.0801 e. The lowest BCUT2D eigenvalue weighted by atomic mass is 9.99. The van der Waals surface area contributed by atoms with Crippen LogP contribution in [0.1, 0.15) is 31.7 Å². The summed E-state index contributed by atoms with van der Waals surface area (Å²) in [7, 11) is -3.01. The number of benzene rings is 2. The maximum Gasteiger partial charge on any atom is 0.0801 e. The molecule has 0 radical (unpaired) electrons. The van der Waals surface area contributed by atoms with E-state index in [4.69, 9.17) is 0 Å². The van der Waals surface area contributed by atoms with Crippen molar-refractivity contribution in [2.24, 2.45) is 0 Å². The summed E-state index contributed by atoms with van der Waals surface area (Å²) in [5.74, 6) is 0.480. The lowest BCUT2D eigenvalue weighted by molar-refractivity contribution is 0.494. The molecule has 3 N–H and O–H groups in total. The van der Waals surface area contributed by atoms with E-state index in [0.29, 0.717) is 16.5 Å². The normalized spacial score (nSPS) is 13.8. The zero-order valence-corrected chi connectivity index (χ0v) is 12.6. The molecule has 2 rings (SSSR count). The average molecular weight is 291 g/mol. The molecule has 20 heavy (non-hydrogen) atoms. The molecule has 4 heteroatoms. The van der Waals surface area contributed by atoms with Crippen molar-refractivity contribution in [2.45, 2.75) is 31.1 Å². The Labute approximate surface area is 122 Å². The summed E-state index contributed by atoms with van der Waals surface area (Å²) < 4.78 is 23.3. The van der Waals surface area contributed by atoms with Gasteiger partial charge in [-0.2, -0.15) is 0 Å². The van der Waals surface area contributed by atoms with Crippen molar-refractivity contribution in [3.63, 3.8) is 0 Å². The first-order chi connectivity index (χ1) is 9.53. The largest absolute Gasteiger partial charge is 0.281 e. The van der Waals surface area contributed by atoms with Crippen LogP contribution in [0.25, 0.3) is 0 Å². The first-order valence-electron chi connectivity index (χ1n) is 6.74. The maximum atomic E-state index is 10.3. The van der Waals surface area contributed by atoms with Crippen LogP contribution in [-0.4, -0.2) is 9.11 Å². The van der Waals surface area contributed by atoms with Crippen LogP contribution in [-0.2, 0) is 0 Å². The molecule has 2 aromatic carbocycles. The standard InChI is InChI=1S/C16H21NO2S/c1-3-13(2)14-9-11-16(12-10-14)20(18,19)17-15-7-5-4-6-8-15/h4-13,17-19H,3H2,1-2H3. The molecule has 0 aliphatic carbocycles. The van der Waals surface area contributed by atoms with Crippen molar-refractivity contribution < 1.29 is 9.11 Å². The molecule has 1 unspecified atom stereocenters. The first kappa shape index (κ1) is 14.9. The monoisotopic (exact) mass is 291 g/mol. The van der Waals surface area contributed by atoms with Crippen LogP contribution in [0.4, 0.5) is 5.69 Å². The highest BCUT2D eigenvalue weighted by Crippen LogP contribution is 2.47. The Morgan fingerprint density at radius 2 is 1.60 bits per heavy atom. The van der Waals surface area contributed by atoms with Crippen LogP contribution in [0, 0.1) is 0 Å². The topological polar surface area (TPSA) is 52.5 Å². The second kappa shape index (κ2) is 6.31. The third-order valence-corrected chi connectivity index (χ3v) is 4.87. The van der Waals surface area contributed by atoms with Crippen molar-refractivity contribution in [1.82, 2.24) is 0 Å². The van der Waals surface area contributed by atoms with E-state index in [0.717, 1.165) is 6.42 Å². The quantitative estimate of drug-likeness (QED) is 0.697. The third-order valence-electron chi connectivity index (χ3n) is 3.42. The van der Waals surface area contributed by atoms with Gasteiger partial charge in [-0.05, 0) is 42.2 Å². The fourth-order valence-corrected chi connectivity index (χ4v) is 3.05. The van der Waals surface area contributed by atoms with Crippen molar-refractivity contribution in [1.29, 1.82) is 0 Å². The molecule has 0 spiro atoms. The molecule has 1 atom stereocenters. The van der Waals surface area contributed by atoms with Crippen LogP contribution < -0.4 is 4.72 Å². The second-order valence-corrected chi connectivity index (χ2v) is 6.67. The minimum Gasteiger partial charge on any atom is -0.281 e. The van der Waals surface area contributed by atoms with Gasteiger partial charge in [0.1, 0.15) is 0 Å². The summed E-state index contributed by atoms with van der Waals surface area (Å²) in [4.78, 5) is 0.508. The van der Waals surface area contributed by atoms with Crippen LogP contribution in [0.5, 0.6) is 0 Å². The van der Waals surface area contributed by atoms with E-state index in [-0.39, 0.29) is 0 Å². The van der Waals surface area contributed by atoms with E-state index in [1.807, 2.05) is 42.5 Å². The van der Waals surface area contributed by atoms with E-state index in [1.165, 1.54) is 5.56 Å². The van der Waals surface area contributed by atoms with Gasteiger partial charge in [0.25, 0.3) is 0 Å². The lowest BCUT2D eigenvalue weighted by Gasteiger charge is -2.34. The van der Waals surface area contributed by atoms with Crippen LogP contribution in [0.3, 0.4) is 0 Å². The molecule has 108 valence electrons. The maximum absolute atomic E-state index is 10.3. The minimum absolute atomic E-state index is 0.480. The Balaban J connectivity index is 2.17. The Kier molecular flexibility index (Phi) is 4.70. The van der Waals surface area contributed by atoms with Crippen molar-refractivity contribution in [2.75, 3.05) is 4.72 Å². The molecule has 0 heterocycles. The number of rotatable bonds is 5. The Morgan fingerprint density at radius 1 is 1.00 bits per heavy atom. The van der Waals surface area contributed by atoms with Crippen molar-refractivity contribution in [3.8, 4) is 0 Å². The summed E-state index contributed by atoms with van der Waals surface area (Å²) in [5, 5.41) is 0. The van der Waals surface area contributed by atoms with Crippen LogP contribution in [0.2, 0.25) is 0 Å². The van der Waals surface area contributed by atoms with Gasteiger partial charge in [-0.25, -0.2) is 0 Å². The fraction of sp³-hybridized carbons (Fsp3) is 0.250. The number of hydrogen-bond donors (Lipinski definition) is 3. The molecular weight excluding hydrogens is 270 g/mol. The molecule has 0 aliphatic heterocycles. The predicted molar refractivity (Wildman–Crippen MR) is 86.3 cm³/mol. The summed E-state index contributed by atoms with van der Waals surface area (Å²) in [5.41, 5.74) is 1.91. The molecule has 3 nitrogen and oxygen atoms in total. The van der Waals surface area contributed by atoms with Crippen LogP contribution in [0.15, 0.2) is 59.5 Å². The second-order valence-electron chi connectivity index (χ2n) is 4.90. The lowest BCUT2D eigenvalue weighted by Crippen LogP contribution is -2.09. The van der Waals surface area contributed by atoms with Crippen molar-refractivity contribution in [3.05, 3.63) is 60.2 Å². The summed E-state index contributed by atoms with van der Waals surface area (Å²) in [6, 6.07) is 16.7. The van der Waals surface area contributed by atoms with Gasteiger partial charge in [0.15, 0.2) is 0 Å². The van der Waals surface area contributed by atoms with E-state index < -0.39 is 10.8 Å². The molecular formula is C16H21NO2S. The molecule has 0 fully saturated rings. The van der Waals surface area contributed by atoms with E-state index in [9.17, 15) is 9.11 Å². The van der Waals surface area contributed by atoms with Gasteiger partial charge < -0.3 is 0 Å². The van der Waals surface area contributed by atoms with Gasteiger partial charge in [-0.15, -0.1) is 0 Å². The zero-order valence-electron chi connectivity index (χ0n) is 11.8. The highest BCUT2D eigenvalue weighted by molar-refractivity contribution is 8.25. The predicted octanol–water partition coefficient (Wildman–Crippen LogP) is 5.34. The molecule has 0 saturated carbocycles. The number of hydrogen-bond acceptors (Lipinski definition) is 3. The zero-order chi connectivity index (χ0) is 14.6.